The molecule has 3 aromatic rings. The molecule has 1 heterocycles. The molecule has 0 bridgehead atoms. The van der Waals surface area contributed by atoms with Gasteiger partial charge in [0.1, 0.15) is 0 Å². The number of carbonyl (C=O) groups excluding carboxylic acids is 2. The van der Waals surface area contributed by atoms with Crippen molar-refractivity contribution in [3.63, 3.8) is 0 Å². The van der Waals surface area contributed by atoms with Gasteiger partial charge in [-0.3, -0.25) is 4.79 Å². The molecule has 0 fully saturated rings. The summed E-state index contributed by atoms with van der Waals surface area (Å²) in [7, 11) is 3.21. The van der Waals surface area contributed by atoms with Crippen LogP contribution in [0.3, 0.4) is 0 Å². The maximum absolute atomic E-state index is 12.7. The van der Waals surface area contributed by atoms with Crippen molar-refractivity contribution in [3.8, 4) is 11.8 Å². The number of nitrogens with one attached hydrogen (secondary N) is 3. The smallest absolute Gasteiger partial charge is 0.317 e. The average Bonchev–Trinajstić information content (AvgIpc) is 3.20. The Morgan fingerprint density at radius 1 is 1.19 bits per heavy atom. The first-order valence-electron chi connectivity index (χ1n) is 10.00. The van der Waals surface area contributed by atoms with E-state index in [4.69, 9.17) is 0 Å². The summed E-state index contributed by atoms with van der Waals surface area (Å²) in [4.78, 5) is 28.9. The van der Waals surface area contributed by atoms with Gasteiger partial charge in [-0.25, -0.2) is 4.79 Å². The third-order valence-electron chi connectivity index (χ3n) is 4.93. The second kappa shape index (κ2) is 10.3. The Kier molecular flexibility index (Phi) is 7.31. The van der Waals surface area contributed by atoms with Gasteiger partial charge in [0.15, 0.2) is 0 Å². The van der Waals surface area contributed by atoms with E-state index >= 15 is 0 Å². The van der Waals surface area contributed by atoms with Crippen molar-refractivity contribution in [2.75, 3.05) is 27.2 Å². The number of hydrogen-bond donors (Lipinski definition) is 4. The van der Waals surface area contributed by atoms with Crippen LogP contribution in [0.5, 0.6) is 0 Å². The molecule has 1 aromatic heterocycles. The minimum atomic E-state index is -0.414. The van der Waals surface area contributed by atoms with E-state index in [9.17, 15) is 14.7 Å². The summed E-state index contributed by atoms with van der Waals surface area (Å²) in [6, 6.07) is 14.3. The summed E-state index contributed by atoms with van der Waals surface area (Å²) < 4.78 is 0. The molecule has 0 aliphatic carbocycles. The number of para-hydroxylation sites is 1. The van der Waals surface area contributed by atoms with Gasteiger partial charge in [0.2, 0.25) is 0 Å². The van der Waals surface area contributed by atoms with Gasteiger partial charge < -0.3 is 25.6 Å². The summed E-state index contributed by atoms with van der Waals surface area (Å²) in [6.07, 6.45) is 2.42. The van der Waals surface area contributed by atoms with Gasteiger partial charge in [-0.2, -0.15) is 0 Å². The molecule has 0 aliphatic rings. The zero-order valence-corrected chi connectivity index (χ0v) is 17.6. The third-order valence-corrected chi connectivity index (χ3v) is 4.93. The molecule has 31 heavy (non-hydrogen) atoms. The van der Waals surface area contributed by atoms with Crippen molar-refractivity contribution >= 4 is 22.8 Å². The lowest BCUT2D eigenvalue weighted by Gasteiger charge is -2.16. The highest BCUT2D eigenvalue weighted by Gasteiger charge is 2.16. The Labute approximate surface area is 181 Å². The zero-order chi connectivity index (χ0) is 22.2. The summed E-state index contributed by atoms with van der Waals surface area (Å²) in [6.45, 7) is 0.101. The van der Waals surface area contributed by atoms with Crippen molar-refractivity contribution in [1.82, 2.24) is 20.5 Å². The molecule has 0 unspecified atom stereocenters. The van der Waals surface area contributed by atoms with Gasteiger partial charge in [0, 0.05) is 42.3 Å². The quantitative estimate of drug-likeness (QED) is 0.462. The number of H-pyrrole nitrogens is 1. The first-order valence-corrected chi connectivity index (χ1v) is 10.00. The van der Waals surface area contributed by atoms with Crippen molar-refractivity contribution in [3.05, 3.63) is 71.4 Å². The van der Waals surface area contributed by atoms with Gasteiger partial charge in [-0.05, 0) is 36.2 Å². The largest absolute Gasteiger partial charge is 0.394 e. The van der Waals surface area contributed by atoms with E-state index in [2.05, 4.69) is 27.5 Å². The number of urea groups is 1. The highest BCUT2D eigenvalue weighted by molar-refractivity contribution is 5.94. The Morgan fingerprint density at radius 3 is 2.77 bits per heavy atom. The molecule has 160 valence electrons. The van der Waals surface area contributed by atoms with Crippen LogP contribution >= 0.6 is 0 Å². The van der Waals surface area contributed by atoms with E-state index < -0.39 is 6.04 Å². The highest BCUT2D eigenvalue weighted by atomic mass is 16.3. The second-order valence-corrected chi connectivity index (χ2v) is 7.21. The molecule has 2 aromatic carbocycles. The van der Waals surface area contributed by atoms with Crippen LogP contribution in [0.15, 0.2) is 54.7 Å². The number of aromatic amines is 1. The molecular weight excluding hydrogens is 392 g/mol. The number of nitrogens with zero attached hydrogens (tertiary/aromatic N) is 1. The predicted molar refractivity (Wildman–Crippen MR) is 121 cm³/mol. The first-order chi connectivity index (χ1) is 15.0. The number of amides is 3. The summed E-state index contributed by atoms with van der Waals surface area (Å²) in [5.41, 5.74) is 3.20. The number of aliphatic hydroxyl groups excluding tert-OH is 1. The number of hydrogen-bond acceptors (Lipinski definition) is 3. The molecule has 3 amide bonds. The minimum Gasteiger partial charge on any atom is -0.394 e. The number of fused-ring (bicyclic) bond motifs is 1. The van der Waals surface area contributed by atoms with Crippen molar-refractivity contribution in [2.45, 2.75) is 12.5 Å². The van der Waals surface area contributed by atoms with Crippen LogP contribution in [-0.2, 0) is 6.42 Å². The van der Waals surface area contributed by atoms with E-state index in [1.54, 1.807) is 38.4 Å². The average molecular weight is 418 g/mol. The molecule has 7 nitrogen and oxygen atoms in total. The molecule has 0 radical (unpaired) electrons. The number of aromatic nitrogens is 1. The van der Waals surface area contributed by atoms with Crippen molar-refractivity contribution in [2.24, 2.45) is 0 Å². The second-order valence-electron chi connectivity index (χ2n) is 7.21. The monoisotopic (exact) mass is 418 g/mol. The summed E-state index contributed by atoms with van der Waals surface area (Å²) in [5, 5.41) is 16.3. The van der Waals surface area contributed by atoms with Crippen LogP contribution in [0.2, 0.25) is 0 Å². The molecule has 0 saturated carbocycles. The van der Waals surface area contributed by atoms with E-state index in [0.29, 0.717) is 17.5 Å². The number of carbonyl (C=O) groups is 2. The maximum atomic E-state index is 12.7. The van der Waals surface area contributed by atoms with Gasteiger partial charge in [0.05, 0.1) is 19.2 Å². The molecule has 3 rings (SSSR count). The summed E-state index contributed by atoms with van der Waals surface area (Å²) >= 11 is 0. The number of benzene rings is 2. The molecule has 0 spiro atoms. The maximum Gasteiger partial charge on any atom is 0.317 e. The van der Waals surface area contributed by atoms with Crippen LogP contribution in [0, 0.1) is 11.8 Å². The lowest BCUT2D eigenvalue weighted by molar-refractivity contribution is 0.0916. The van der Waals surface area contributed by atoms with Crippen LogP contribution in [0.1, 0.15) is 21.5 Å². The third kappa shape index (κ3) is 5.65. The molecular formula is C24H26N4O3. The lowest BCUT2D eigenvalue weighted by atomic mass is 10.0. The number of rotatable bonds is 6. The Morgan fingerprint density at radius 2 is 2.00 bits per heavy atom. The normalized spacial score (nSPS) is 11.3. The first kappa shape index (κ1) is 21.9. The Balaban J connectivity index is 1.65. The van der Waals surface area contributed by atoms with E-state index in [1.165, 1.54) is 4.90 Å². The standard InChI is InChI=1S/C24H26N4O3/c1-25-24(31)28(2)12-6-8-17-7-5-9-18(13-17)23(30)27-20(16-29)14-19-15-26-22-11-4-3-10-21(19)22/h3-5,7,9-11,13,15,20,26,29H,12,14,16H2,1-2H3,(H,25,31)(H,27,30)/t20-/m1/s1. The van der Waals surface area contributed by atoms with E-state index in [0.717, 1.165) is 16.5 Å². The van der Waals surface area contributed by atoms with Gasteiger partial charge in [-0.15, -0.1) is 0 Å². The molecule has 4 N–H and O–H groups in total. The SMILES string of the molecule is CNC(=O)N(C)CC#Cc1cccc(C(=O)N[C@@H](CO)Cc2c[nH]c3ccccc23)c1. The van der Waals surface area contributed by atoms with Crippen LogP contribution in [-0.4, -0.2) is 60.2 Å². The molecule has 0 saturated heterocycles. The fraction of sp³-hybridized carbons (Fsp3) is 0.250. The van der Waals surface area contributed by atoms with Crippen LogP contribution in [0.4, 0.5) is 4.79 Å². The Bertz CT molecular complexity index is 1130. The molecule has 1 atom stereocenters. The summed E-state index contributed by atoms with van der Waals surface area (Å²) in [5.74, 6) is 5.62. The van der Waals surface area contributed by atoms with Crippen LogP contribution in [0.25, 0.3) is 10.9 Å². The van der Waals surface area contributed by atoms with Gasteiger partial charge >= 0.3 is 6.03 Å². The fourth-order valence-corrected chi connectivity index (χ4v) is 3.26. The molecule has 7 heteroatoms. The van der Waals surface area contributed by atoms with Crippen molar-refractivity contribution < 1.29 is 14.7 Å². The number of aliphatic hydroxyl groups is 1. The van der Waals surface area contributed by atoms with E-state index in [-0.39, 0.29) is 25.1 Å². The lowest BCUT2D eigenvalue weighted by Crippen LogP contribution is -2.39. The van der Waals surface area contributed by atoms with Crippen molar-refractivity contribution in [1.29, 1.82) is 0 Å². The zero-order valence-electron chi connectivity index (χ0n) is 17.6. The minimum absolute atomic E-state index is 0.170. The van der Waals surface area contributed by atoms with Gasteiger partial charge in [0.25, 0.3) is 5.91 Å². The highest BCUT2D eigenvalue weighted by Crippen LogP contribution is 2.19. The predicted octanol–water partition coefficient (Wildman–Crippen LogP) is 2.12. The van der Waals surface area contributed by atoms with E-state index in [1.807, 2.05) is 30.5 Å². The fourth-order valence-electron chi connectivity index (χ4n) is 3.26. The Hall–Kier alpha value is -3.76. The van der Waals surface area contributed by atoms with Gasteiger partial charge in [-0.1, -0.05) is 36.1 Å². The topological polar surface area (TPSA) is 97.5 Å². The van der Waals surface area contributed by atoms with Crippen LogP contribution < -0.4 is 10.6 Å². The molecule has 0 aliphatic heterocycles.